The summed E-state index contributed by atoms with van der Waals surface area (Å²) in [6.07, 6.45) is 1.53. The van der Waals surface area contributed by atoms with E-state index in [1.54, 1.807) is 26.8 Å². The van der Waals surface area contributed by atoms with E-state index in [1.165, 1.54) is 11.3 Å². The molecule has 252 valence electrons. The summed E-state index contributed by atoms with van der Waals surface area (Å²) in [5.41, 5.74) is 0.648. The number of rotatable bonds is 5. The Morgan fingerprint density at radius 2 is 1.83 bits per heavy atom. The van der Waals surface area contributed by atoms with Crippen LogP contribution in [0.25, 0.3) is 16.8 Å². The second-order valence-electron chi connectivity index (χ2n) is 13.6. The second-order valence-corrected chi connectivity index (χ2v) is 14.5. The highest BCUT2D eigenvalue weighted by molar-refractivity contribution is 7.09. The SMILES string of the molecule is CC(=Cc1csc(COC(=O)c2cccc3ccccc23)n1)[C@@H]1C[C@@H]2O[C@@H]2CCC[C@H](C)[C@H](O)[C@@H](C)C(=O)C(C)(C)[C@@H](O)CC(=O)O1. The molecule has 2 N–H and O–H groups in total. The van der Waals surface area contributed by atoms with Crippen molar-refractivity contribution >= 4 is 45.9 Å². The van der Waals surface area contributed by atoms with Gasteiger partial charge in [0, 0.05) is 17.7 Å². The summed E-state index contributed by atoms with van der Waals surface area (Å²) < 4.78 is 17.5. The Labute approximate surface area is 280 Å². The smallest absolute Gasteiger partial charge is 0.339 e. The van der Waals surface area contributed by atoms with Crippen LogP contribution in [0, 0.1) is 17.3 Å². The number of thiazole rings is 1. The number of fused-ring (bicyclic) bond motifs is 2. The van der Waals surface area contributed by atoms with E-state index in [-0.39, 0.29) is 36.9 Å². The Hall–Kier alpha value is -3.44. The van der Waals surface area contributed by atoms with Crippen LogP contribution in [0.3, 0.4) is 0 Å². The fourth-order valence-corrected chi connectivity index (χ4v) is 7.06. The lowest BCUT2D eigenvalue weighted by Gasteiger charge is -2.34. The van der Waals surface area contributed by atoms with Gasteiger partial charge in [0.25, 0.3) is 0 Å². The van der Waals surface area contributed by atoms with E-state index in [4.69, 9.17) is 14.2 Å². The van der Waals surface area contributed by atoms with Crippen molar-refractivity contribution in [3.8, 4) is 0 Å². The Morgan fingerprint density at radius 1 is 1.09 bits per heavy atom. The average molecular weight is 664 g/mol. The van der Waals surface area contributed by atoms with Gasteiger partial charge in [-0.2, -0.15) is 0 Å². The minimum atomic E-state index is -1.28. The zero-order valence-corrected chi connectivity index (χ0v) is 28.5. The van der Waals surface area contributed by atoms with Gasteiger partial charge in [-0.25, -0.2) is 9.78 Å². The minimum Gasteiger partial charge on any atom is -0.458 e. The van der Waals surface area contributed by atoms with Crippen molar-refractivity contribution in [1.82, 2.24) is 4.98 Å². The molecular formula is C37H45NO8S. The van der Waals surface area contributed by atoms with Crippen molar-refractivity contribution in [3.63, 3.8) is 0 Å². The number of cyclic esters (lactones) is 1. The summed E-state index contributed by atoms with van der Waals surface area (Å²) in [6.45, 7) is 8.72. The van der Waals surface area contributed by atoms with Crippen molar-refractivity contribution in [2.45, 2.75) is 104 Å². The van der Waals surface area contributed by atoms with Crippen LogP contribution in [0.15, 0.2) is 53.4 Å². The second kappa shape index (κ2) is 14.8. The van der Waals surface area contributed by atoms with Gasteiger partial charge in [-0.15, -0.1) is 11.3 Å². The van der Waals surface area contributed by atoms with E-state index in [2.05, 4.69) is 4.98 Å². The quantitative estimate of drug-likeness (QED) is 0.239. The van der Waals surface area contributed by atoms with Crippen LogP contribution in [-0.2, 0) is 30.4 Å². The molecule has 1 aromatic heterocycles. The largest absolute Gasteiger partial charge is 0.458 e. The number of Topliss-reactive ketones (excluding diaryl/α,β-unsaturated/α-hetero) is 1. The highest BCUT2D eigenvalue weighted by Gasteiger charge is 2.44. The molecule has 3 heterocycles. The number of hydrogen-bond donors (Lipinski definition) is 2. The molecule has 3 aromatic rings. The number of esters is 2. The highest BCUT2D eigenvalue weighted by atomic mass is 32.1. The van der Waals surface area contributed by atoms with Gasteiger partial charge >= 0.3 is 11.9 Å². The van der Waals surface area contributed by atoms with Crippen LogP contribution >= 0.6 is 11.3 Å². The van der Waals surface area contributed by atoms with Gasteiger partial charge in [0.1, 0.15) is 23.5 Å². The molecular weight excluding hydrogens is 618 g/mol. The molecule has 2 aliphatic heterocycles. The van der Waals surface area contributed by atoms with Crippen LogP contribution in [-0.4, -0.2) is 63.4 Å². The normalized spacial score (nSPS) is 29.2. The molecule has 0 bridgehead atoms. The Balaban J connectivity index is 1.27. The fourth-order valence-electron chi connectivity index (χ4n) is 6.40. The fraction of sp³-hybridized carbons (Fsp3) is 0.514. The summed E-state index contributed by atoms with van der Waals surface area (Å²) in [5.74, 6) is -2.12. The Kier molecular flexibility index (Phi) is 11.0. The number of ketones is 1. The lowest BCUT2D eigenvalue weighted by molar-refractivity contribution is -0.154. The first-order chi connectivity index (χ1) is 22.3. The number of aliphatic hydroxyl groups excluding tert-OH is 2. The maximum absolute atomic E-state index is 13.3. The molecule has 2 aliphatic rings. The molecule has 2 aromatic carbocycles. The number of carbonyl (C=O) groups excluding carboxylic acids is 3. The first-order valence-corrected chi connectivity index (χ1v) is 17.3. The third kappa shape index (κ3) is 8.35. The van der Waals surface area contributed by atoms with Gasteiger partial charge in [0.2, 0.25) is 0 Å². The maximum Gasteiger partial charge on any atom is 0.339 e. The van der Waals surface area contributed by atoms with Crippen LogP contribution < -0.4 is 0 Å². The highest BCUT2D eigenvalue weighted by Crippen LogP contribution is 2.36. The summed E-state index contributed by atoms with van der Waals surface area (Å²) in [5, 5.41) is 26.1. The first kappa shape index (κ1) is 34.9. The number of epoxide rings is 1. The number of hydrogen-bond acceptors (Lipinski definition) is 10. The lowest BCUT2D eigenvalue weighted by atomic mass is 9.73. The Bertz CT molecular complexity index is 1620. The average Bonchev–Trinajstić information content (AvgIpc) is 3.63. The molecule has 0 unspecified atom stereocenters. The number of ether oxygens (including phenoxy) is 3. The molecule has 9 nitrogen and oxygen atoms in total. The third-order valence-electron chi connectivity index (χ3n) is 9.68. The molecule has 0 amide bonds. The van der Waals surface area contributed by atoms with Crippen LogP contribution in [0.2, 0.25) is 0 Å². The van der Waals surface area contributed by atoms with E-state index in [0.29, 0.717) is 22.7 Å². The molecule has 7 atom stereocenters. The predicted molar refractivity (Wildman–Crippen MR) is 180 cm³/mol. The van der Waals surface area contributed by atoms with Crippen LogP contribution in [0.5, 0.6) is 0 Å². The van der Waals surface area contributed by atoms with Crippen molar-refractivity contribution < 1.29 is 38.8 Å². The first-order valence-electron chi connectivity index (χ1n) is 16.4. The number of benzene rings is 2. The third-order valence-corrected chi connectivity index (χ3v) is 10.5. The number of aromatic nitrogens is 1. The maximum atomic E-state index is 13.3. The molecule has 0 saturated carbocycles. The monoisotopic (exact) mass is 663 g/mol. The van der Waals surface area contributed by atoms with Crippen molar-refractivity contribution in [2.24, 2.45) is 17.3 Å². The van der Waals surface area contributed by atoms with Crippen molar-refractivity contribution in [3.05, 3.63) is 69.7 Å². The minimum absolute atomic E-state index is 0.0241. The van der Waals surface area contributed by atoms with Crippen LogP contribution in [0.4, 0.5) is 0 Å². The van der Waals surface area contributed by atoms with Gasteiger partial charge in [-0.1, -0.05) is 70.5 Å². The summed E-state index contributed by atoms with van der Waals surface area (Å²) >= 11 is 1.37. The molecule has 2 fully saturated rings. The van der Waals surface area contributed by atoms with E-state index in [9.17, 15) is 24.6 Å². The van der Waals surface area contributed by atoms with E-state index < -0.39 is 41.6 Å². The number of nitrogens with zero attached hydrogens (tertiary/aromatic N) is 1. The molecule has 2 saturated heterocycles. The predicted octanol–water partition coefficient (Wildman–Crippen LogP) is 6.29. The van der Waals surface area contributed by atoms with Gasteiger partial charge in [-0.05, 0) is 54.2 Å². The zero-order chi connectivity index (χ0) is 33.9. The summed E-state index contributed by atoms with van der Waals surface area (Å²) in [7, 11) is 0. The molecule has 47 heavy (non-hydrogen) atoms. The van der Waals surface area contributed by atoms with Gasteiger partial charge in [0.05, 0.1) is 47.5 Å². The Morgan fingerprint density at radius 3 is 2.62 bits per heavy atom. The molecule has 0 aliphatic carbocycles. The summed E-state index contributed by atoms with van der Waals surface area (Å²) in [4.78, 5) is 44.0. The van der Waals surface area contributed by atoms with Crippen LogP contribution in [0.1, 0.15) is 87.8 Å². The van der Waals surface area contributed by atoms with Gasteiger partial charge in [0.15, 0.2) is 0 Å². The molecule has 5 rings (SSSR count). The number of aliphatic hydroxyl groups is 2. The standard InChI is InChI=1S/C37H45NO8S/c1-21-10-8-15-28-30(45-28)17-29(46-33(40)18-31(39)37(4,5)35(42)23(3)34(21)41)22(2)16-25-20-47-32(38-25)19-44-36(43)27-14-9-12-24-11-6-7-13-26(24)27/h6-7,9,11-14,16,20-21,23,28-31,34,39,41H,8,10,15,17-19H2,1-5H3/t21-,23+,28+,29-,30-,31-,34-/m0/s1. The molecule has 0 radical (unpaired) electrons. The molecule has 10 heteroatoms. The van der Waals surface area contributed by atoms with E-state index in [1.807, 2.05) is 61.7 Å². The zero-order valence-electron chi connectivity index (χ0n) is 27.7. The van der Waals surface area contributed by atoms with E-state index in [0.717, 1.165) is 35.6 Å². The van der Waals surface area contributed by atoms with Gasteiger partial charge in [-0.3, -0.25) is 9.59 Å². The van der Waals surface area contributed by atoms with E-state index >= 15 is 0 Å². The van der Waals surface area contributed by atoms with Gasteiger partial charge < -0.3 is 24.4 Å². The topological polar surface area (TPSA) is 136 Å². The lowest BCUT2D eigenvalue weighted by Crippen LogP contribution is -2.45. The summed E-state index contributed by atoms with van der Waals surface area (Å²) in [6, 6.07) is 13.2. The van der Waals surface area contributed by atoms with Crippen molar-refractivity contribution in [2.75, 3.05) is 0 Å². The van der Waals surface area contributed by atoms with Crippen molar-refractivity contribution in [1.29, 1.82) is 0 Å². The number of carbonyl (C=O) groups is 3. The molecule has 0 spiro atoms.